The predicted molar refractivity (Wildman–Crippen MR) is 35.6 cm³/mol. The largest absolute Gasteiger partial charge is 0.272 e. The smallest absolute Gasteiger partial charge is 0.0632 e. The molecule has 1 aromatic heterocycles. The Morgan fingerprint density at radius 3 is 3.62 bits per heavy atom. The van der Waals surface area contributed by atoms with E-state index in [0.717, 1.165) is 4.68 Å². The second-order valence-corrected chi connectivity index (χ2v) is 2.13. The summed E-state index contributed by atoms with van der Waals surface area (Å²) in [6.07, 6.45) is 2.62. The van der Waals surface area contributed by atoms with E-state index >= 15 is 0 Å². The molecule has 0 unspecified atom stereocenters. The summed E-state index contributed by atoms with van der Waals surface area (Å²) in [7, 11) is 0. The molecule has 0 atom stereocenters. The highest BCUT2D eigenvalue weighted by atomic mass is 79.9. The van der Waals surface area contributed by atoms with Gasteiger partial charge < -0.3 is 0 Å². The van der Waals surface area contributed by atoms with Crippen LogP contribution in [0.25, 0.3) is 0 Å². The maximum atomic E-state index is 7.32. The van der Waals surface area contributed by atoms with Crippen molar-refractivity contribution in [2.45, 2.75) is 13.3 Å². The minimum Gasteiger partial charge on any atom is -0.272 e. The Morgan fingerprint density at radius 1 is 2.25 bits per heavy atom. The van der Waals surface area contributed by atoms with Gasteiger partial charge >= 0.3 is 0 Å². The van der Waals surface area contributed by atoms with E-state index in [1.165, 1.54) is 12.4 Å². The van der Waals surface area contributed by atoms with Crippen molar-refractivity contribution in [1.29, 1.82) is 0 Å². The number of nitrogens with zero attached hydrogens (tertiary/aromatic N) is 2. The van der Waals surface area contributed by atoms with Gasteiger partial charge in [0.2, 0.25) is 0 Å². The molecule has 0 saturated heterocycles. The molecule has 0 aromatic carbocycles. The molecule has 1 aromatic rings. The summed E-state index contributed by atoms with van der Waals surface area (Å²) in [5.74, 6) is 0. The Kier molecular flexibility index (Phi) is 0.616. The van der Waals surface area contributed by atoms with E-state index in [1.807, 2.05) is 0 Å². The summed E-state index contributed by atoms with van der Waals surface area (Å²) in [5, 5.41) is 3.59. The fourth-order valence-electron chi connectivity index (χ4n) is 0.362. The molecular formula is C5H7BrN2. The molecule has 1 heterocycles. The molecule has 0 fully saturated rings. The summed E-state index contributed by atoms with van der Waals surface area (Å²) >= 11 is 3.06. The number of hydrogen-bond acceptors (Lipinski definition) is 1. The van der Waals surface area contributed by atoms with Crippen LogP contribution in [-0.4, -0.2) is 9.78 Å². The zero-order valence-corrected chi connectivity index (χ0v) is 5.51. The van der Waals surface area contributed by atoms with Crippen molar-refractivity contribution in [3.05, 3.63) is 16.9 Å². The van der Waals surface area contributed by atoms with Gasteiger partial charge in [-0.25, -0.2) is 0 Å². The van der Waals surface area contributed by atoms with Crippen LogP contribution < -0.4 is 0 Å². The van der Waals surface area contributed by atoms with E-state index in [2.05, 4.69) is 21.0 Å². The van der Waals surface area contributed by atoms with Crippen LogP contribution in [-0.2, 0) is 6.50 Å². The van der Waals surface area contributed by atoms with Crippen molar-refractivity contribution in [2.75, 3.05) is 0 Å². The van der Waals surface area contributed by atoms with Crippen LogP contribution in [0, 0.1) is 0 Å². The zero-order chi connectivity index (χ0) is 10.3. The molecular weight excluding hydrogens is 168 g/mol. The summed E-state index contributed by atoms with van der Waals surface area (Å²) in [4.78, 5) is 0. The third-order valence-electron chi connectivity index (χ3n) is 0.666. The SMILES string of the molecule is [2H]C([2H])([2H])C([2H])([2H])n1cc(Br)cn1. The lowest BCUT2D eigenvalue weighted by atomic mass is 10.7. The highest BCUT2D eigenvalue weighted by Gasteiger charge is 1.87. The van der Waals surface area contributed by atoms with Gasteiger partial charge in [-0.05, 0) is 22.8 Å². The molecule has 0 amide bonds. The second kappa shape index (κ2) is 2.31. The lowest BCUT2D eigenvalue weighted by molar-refractivity contribution is 0.659. The zero-order valence-electron chi connectivity index (χ0n) is 8.93. The molecule has 0 aliphatic heterocycles. The minimum atomic E-state index is -2.72. The molecule has 2 nitrogen and oxygen atoms in total. The lowest BCUT2D eigenvalue weighted by Gasteiger charge is -1.88. The second-order valence-electron chi connectivity index (χ2n) is 1.21. The van der Waals surface area contributed by atoms with Crippen molar-refractivity contribution in [1.82, 2.24) is 9.78 Å². The first kappa shape index (κ1) is 2.14. The predicted octanol–water partition coefficient (Wildman–Crippen LogP) is 1.67. The molecule has 0 bridgehead atoms. The van der Waals surface area contributed by atoms with Gasteiger partial charge in [-0.2, -0.15) is 5.10 Å². The molecule has 0 aliphatic carbocycles. The van der Waals surface area contributed by atoms with Crippen LogP contribution in [0.2, 0.25) is 0 Å². The fraction of sp³-hybridized carbons (Fsp3) is 0.400. The summed E-state index contributed by atoms with van der Waals surface area (Å²) in [6, 6.07) is 0. The summed E-state index contributed by atoms with van der Waals surface area (Å²) in [5.41, 5.74) is 0. The number of aryl methyl sites for hydroxylation is 1. The molecule has 44 valence electrons. The monoisotopic (exact) mass is 179 g/mol. The first-order valence-corrected chi connectivity index (χ1v) is 2.75. The quantitative estimate of drug-likeness (QED) is 0.642. The van der Waals surface area contributed by atoms with Crippen molar-refractivity contribution in [2.24, 2.45) is 0 Å². The molecule has 0 saturated carbocycles. The summed E-state index contributed by atoms with van der Waals surface area (Å²) < 4.78 is 36.8. The van der Waals surface area contributed by atoms with E-state index in [0.29, 0.717) is 4.47 Å². The highest BCUT2D eigenvalue weighted by molar-refractivity contribution is 9.10. The van der Waals surface area contributed by atoms with Gasteiger partial charge in [0.15, 0.2) is 0 Å². The van der Waals surface area contributed by atoms with Crippen molar-refractivity contribution < 1.29 is 6.85 Å². The van der Waals surface area contributed by atoms with Gasteiger partial charge in [0, 0.05) is 16.8 Å². The van der Waals surface area contributed by atoms with Crippen LogP contribution in [0.1, 0.15) is 13.7 Å². The molecule has 0 radical (unpaired) electrons. The van der Waals surface area contributed by atoms with Gasteiger partial charge in [0.1, 0.15) is 0 Å². The van der Waals surface area contributed by atoms with Crippen LogP contribution in [0.3, 0.4) is 0 Å². The van der Waals surface area contributed by atoms with Crippen LogP contribution in [0.5, 0.6) is 0 Å². The number of halogens is 1. The molecule has 0 aliphatic rings. The number of aromatic nitrogens is 2. The van der Waals surface area contributed by atoms with Gasteiger partial charge in [-0.3, -0.25) is 4.68 Å². The first-order chi connectivity index (χ1) is 5.75. The van der Waals surface area contributed by atoms with Gasteiger partial charge in [0.25, 0.3) is 0 Å². The van der Waals surface area contributed by atoms with Crippen LogP contribution in [0.4, 0.5) is 0 Å². The third kappa shape index (κ3) is 1.10. The van der Waals surface area contributed by atoms with E-state index in [1.54, 1.807) is 0 Å². The molecule has 0 spiro atoms. The van der Waals surface area contributed by atoms with Crippen LogP contribution >= 0.6 is 15.9 Å². The van der Waals surface area contributed by atoms with Crippen molar-refractivity contribution in [3.63, 3.8) is 0 Å². The Hall–Kier alpha value is -0.310. The topological polar surface area (TPSA) is 17.8 Å². The number of rotatable bonds is 1. The summed E-state index contributed by atoms with van der Waals surface area (Å²) in [6.45, 7) is -5.20. The first-order valence-electron chi connectivity index (χ1n) is 4.46. The maximum Gasteiger partial charge on any atom is 0.0632 e. The highest BCUT2D eigenvalue weighted by Crippen LogP contribution is 2.05. The van der Waals surface area contributed by atoms with E-state index in [-0.39, 0.29) is 0 Å². The Morgan fingerprint density at radius 2 is 3.12 bits per heavy atom. The molecule has 0 N–H and O–H groups in total. The van der Waals surface area contributed by atoms with Crippen molar-refractivity contribution >= 4 is 15.9 Å². The molecule has 3 heteroatoms. The van der Waals surface area contributed by atoms with Gasteiger partial charge in [0.05, 0.1) is 13.4 Å². The Balaban J connectivity index is 3.07. The molecule has 8 heavy (non-hydrogen) atoms. The van der Waals surface area contributed by atoms with Gasteiger partial charge in [-0.1, -0.05) is 0 Å². The lowest BCUT2D eigenvalue weighted by Crippen LogP contribution is -1.91. The van der Waals surface area contributed by atoms with Gasteiger partial charge in [-0.15, -0.1) is 0 Å². The Bertz CT molecular complexity index is 304. The third-order valence-corrected chi connectivity index (χ3v) is 1.08. The number of hydrogen-bond donors (Lipinski definition) is 0. The minimum absolute atomic E-state index is 0.542. The van der Waals surface area contributed by atoms with Crippen LogP contribution in [0.15, 0.2) is 16.9 Å². The fourth-order valence-corrected chi connectivity index (χ4v) is 0.647. The molecule has 1 rings (SSSR count). The maximum absolute atomic E-state index is 7.32. The van der Waals surface area contributed by atoms with E-state index < -0.39 is 13.3 Å². The Labute approximate surface area is 63.7 Å². The average Bonchev–Trinajstić information content (AvgIpc) is 2.33. The normalized spacial score (nSPS) is 22.4. The van der Waals surface area contributed by atoms with E-state index in [4.69, 9.17) is 6.85 Å². The standard InChI is InChI=1S/C5H7BrN2/c1-2-8-4-5(6)3-7-8/h3-4H,2H2,1H3/i1D3,2D2. The average molecular weight is 180 g/mol. The van der Waals surface area contributed by atoms with E-state index in [9.17, 15) is 0 Å². The van der Waals surface area contributed by atoms with Crippen molar-refractivity contribution in [3.8, 4) is 0 Å².